The Morgan fingerprint density at radius 2 is 1.65 bits per heavy atom. The van der Waals surface area contributed by atoms with E-state index in [4.69, 9.17) is 9.47 Å². The van der Waals surface area contributed by atoms with Gasteiger partial charge in [-0.05, 0) is 60.2 Å². The molecule has 0 fully saturated rings. The van der Waals surface area contributed by atoms with Crippen LogP contribution in [0.3, 0.4) is 0 Å². The molecule has 0 unspecified atom stereocenters. The minimum Gasteiger partial charge on any atom is -0.486 e. The highest BCUT2D eigenvalue weighted by atomic mass is 32.2. The van der Waals surface area contributed by atoms with Gasteiger partial charge in [0.25, 0.3) is 10.0 Å². The number of hydrogen-bond acceptors (Lipinski definition) is 5. The third-order valence-corrected chi connectivity index (χ3v) is 5.89. The fourth-order valence-electron chi connectivity index (χ4n) is 3.07. The van der Waals surface area contributed by atoms with Crippen LogP contribution in [0.4, 0.5) is 15.8 Å². The Balaban J connectivity index is 1.39. The first-order valence-corrected chi connectivity index (χ1v) is 10.9. The van der Waals surface area contributed by atoms with Crippen molar-refractivity contribution in [2.24, 2.45) is 0 Å². The number of carbonyl (C=O) groups is 1. The Hall–Kier alpha value is -3.59. The second kappa shape index (κ2) is 8.65. The zero-order valence-corrected chi connectivity index (χ0v) is 17.1. The summed E-state index contributed by atoms with van der Waals surface area (Å²) in [5, 5.41) is 2.73. The molecule has 0 radical (unpaired) electrons. The SMILES string of the molecule is O=C(Cc1ccc2c(c1)OCCO2)Nc1ccc(S(=O)(=O)Nc2cccc(F)c2)cc1. The summed E-state index contributed by atoms with van der Waals surface area (Å²) >= 11 is 0. The number of anilines is 2. The van der Waals surface area contributed by atoms with Gasteiger partial charge in [0.15, 0.2) is 11.5 Å². The van der Waals surface area contributed by atoms with Gasteiger partial charge in [-0.1, -0.05) is 12.1 Å². The lowest BCUT2D eigenvalue weighted by atomic mass is 10.1. The average Bonchev–Trinajstić information content (AvgIpc) is 2.74. The summed E-state index contributed by atoms with van der Waals surface area (Å²) < 4.78 is 51.5. The van der Waals surface area contributed by atoms with Gasteiger partial charge in [0.1, 0.15) is 19.0 Å². The molecule has 9 heteroatoms. The van der Waals surface area contributed by atoms with E-state index in [-0.39, 0.29) is 22.9 Å². The molecule has 0 spiro atoms. The van der Waals surface area contributed by atoms with E-state index in [1.165, 1.54) is 42.5 Å². The lowest BCUT2D eigenvalue weighted by molar-refractivity contribution is -0.115. The van der Waals surface area contributed by atoms with Gasteiger partial charge >= 0.3 is 0 Å². The minimum atomic E-state index is -3.89. The van der Waals surface area contributed by atoms with Crippen LogP contribution >= 0.6 is 0 Å². The van der Waals surface area contributed by atoms with Crippen LogP contribution in [0.1, 0.15) is 5.56 Å². The number of nitrogens with one attached hydrogen (secondary N) is 2. The van der Waals surface area contributed by atoms with Crippen LogP contribution in [-0.2, 0) is 21.2 Å². The number of fused-ring (bicyclic) bond motifs is 1. The van der Waals surface area contributed by atoms with Gasteiger partial charge < -0.3 is 14.8 Å². The molecule has 1 aliphatic heterocycles. The molecule has 0 bridgehead atoms. The number of sulfonamides is 1. The Labute approximate surface area is 178 Å². The lowest BCUT2D eigenvalue weighted by Crippen LogP contribution is -2.17. The van der Waals surface area contributed by atoms with E-state index in [1.807, 2.05) is 0 Å². The minimum absolute atomic E-state index is 0.0124. The van der Waals surface area contributed by atoms with Crippen molar-refractivity contribution >= 4 is 27.3 Å². The molecule has 1 heterocycles. The normalized spacial score (nSPS) is 12.8. The highest BCUT2D eigenvalue weighted by Crippen LogP contribution is 2.31. The predicted molar refractivity (Wildman–Crippen MR) is 113 cm³/mol. The first kappa shape index (κ1) is 20.7. The maximum atomic E-state index is 13.3. The van der Waals surface area contributed by atoms with Gasteiger partial charge in [-0.2, -0.15) is 0 Å². The van der Waals surface area contributed by atoms with Gasteiger partial charge in [-0.3, -0.25) is 9.52 Å². The van der Waals surface area contributed by atoms with Crippen molar-refractivity contribution in [3.05, 3.63) is 78.1 Å². The first-order valence-electron chi connectivity index (χ1n) is 9.46. The smallest absolute Gasteiger partial charge is 0.261 e. The van der Waals surface area contributed by atoms with Crippen LogP contribution in [0, 0.1) is 5.82 Å². The molecule has 2 N–H and O–H groups in total. The second-order valence-electron chi connectivity index (χ2n) is 6.84. The molecule has 7 nitrogen and oxygen atoms in total. The summed E-state index contributed by atoms with van der Waals surface area (Å²) in [4.78, 5) is 12.3. The number of halogens is 1. The zero-order valence-electron chi connectivity index (χ0n) is 16.3. The largest absolute Gasteiger partial charge is 0.486 e. The third kappa shape index (κ3) is 5.13. The maximum absolute atomic E-state index is 13.3. The Bertz CT molecular complexity index is 1210. The highest BCUT2D eigenvalue weighted by molar-refractivity contribution is 7.92. The molecular weight excluding hydrogens is 423 g/mol. The number of ether oxygens (including phenoxy) is 2. The Morgan fingerprint density at radius 1 is 0.903 bits per heavy atom. The first-order chi connectivity index (χ1) is 14.9. The standard InChI is InChI=1S/C22H19FN2O5S/c23-16-2-1-3-18(14-16)25-31(27,28)19-7-5-17(6-8-19)24-22(26)13-15-4-9-20-21(12-15)30-11-10-29-20/h1-9,12,14,25H,10-11,13H2,(H,24,26). The monoisotopic (exact) mass is 442 g/mol. The number of amides is 1. The molecule has 0 atom stereocenters. The molecule has 31 heavy (non-hydrogen) atoms. The molecular formula is C22H19FN2O5S. The van der Waals surface area contributed by atoms with E-state index >= 15 is 0 Å². The highest BCUT2D eigenvalue weighted by Gasteiger charge is 2.16. The predicted octanol–water partition coefficient (Wildman–Crippen LogP) is 3.58. The van der Waals surface area contributed by atoms with Crippen molar-refractivity contribution in [2.75, 3.05) is 23.3 Å². The molecule has 1 aliphatic rings. The van der Waals surface area contributed by atoms with Gasteiger partial charge in [0.2, 0.25) is 5.91 Å². The number of hydrogen-bond donors (Lipinski definition) is 2. The van der Waals surface area contributed by atoms with Crippen molar-refractivity contribution < 1.29 is 27.1 Å². The van der Waals surface area contributed by atoms with Gasteiger partial charge in [0, 0.05) is 5.69 Å². The fraction of sp³-hybridized carbons (Fsp3) is 0.136. The topological polar surface area (TPSA) is 93.7 Å². The van der Waals surface area contributed by atoms with Gasteiger partial charge in [0.05, 0.1) is 17.0 Å². The molecule has 3 aromatic rings. The molecule has 0 aliphatic carbocycles. The number of benzene rings is 3. The summed E-state index contributed by atoms with van der Waals surface area (Å²) in [5.41, 5.74) is 1.34. The molecule has 3 aromatic carbocycles. The summed E-state index contributed by atoms with van der Waals surface area (Å²) in [5.74, 6) is 0.456. The van der Waals surface area contributed by atoms with Crippen molar-refractivity contribution in [1.29, 1.82) is 0 Å². The van der Waals surface area contributed by atoms with E-state index in [1.54, 1.807) is 18.2 Å². The molecule has 0 saturated heterocycles. The third-order valence-electron chi connectivity index (χ3n) is 4.50. The summed E-state index contributed by atoms with van der Waals surface area (Å²) in [6.45, 7) is 0.961. The maximum Gasteiger partial charge on any atom is 0.261 e. The van der Waals surface area contributed by atoms with Crippen LogP contribution in [-0.4, -0.2) is 27.5 Å². The zero-order chi connectivity index (χ0) is 21.8. The molecule has 0 aromatic heterocycles. The van der Waals surface area contributed by atoms with Crippen LogP contribution in [0.15, 0.2) is 71.6 Å². The lowest BCUT2D eigenvalue weighted by Gasteiger charge is -2.18. The van der Waals surface area contributed by atoms with Crippen molar-refractivity contribution in [1.82, 2.24) is 0 Å². The molecule has 0 saturated carbocycles. The Kier molecular flexibility index (Phi) is 5.77. The van der Waals surface area contributed by atoms with E-state index in [2.05, 4.69) is 10.0 Å². The number of rotatable bonds is 6. The van der Waals surface area contributed by atoms with Crippen LogP contribution in [0.5, 0.6) is 11.5 Å². The van der Waals surface area contributed by atoms with Gasteiger partial charge in [-0.25, -0.2) is 12.8 Å². The average molecular weight is 442 g/mol. The van der Waals surface area contributed by atoms with Crippen LogP contribution in [0.25, 0.3) is 0 Å². The summed E-state index contributed by atoms with van der Waals surface area (Å²) in [6, 6.07) is 16.2. The van der Waals surface area contributed by atoms with Crippen LogP contribution < -0.4 is 19.5 Å². The van der Waals surface area contributed by atoms with E-state index in [0.717, 1.165) is 11.6 Å². The number of carbonyl (C=O) groups excluding carboxylic acids is 1. The van der Waals surface area contributed by atoms with Crippen molar-refractivity contribution in [3.8, 4) is 11.5 Å². The second-order valence-corrected chi connectivity index (χ2v) is 8.53. The van der Waals surface area contributed by atoms with Gasteiger partial charge in [-0.15, -0.1) is 0 Å². The quantitative estimate of drug-likeness (QED) is 0.609. The van der Waals surface area contributed by atoms with Crippen molar-refractivity contribution in [3.63, 3.8) is 0 Å². The van der Waals surface area contributed by atoms with E-state index in [9.17, 15) is 17.6 Å². The summed E-state index contributed by atoms with van der Waals surface area (Å²) in [7, 11) is -3.89. The van der Waals surface area contributed by atoms with E-state index in [0.29, 0.717) is 30.4 Å². The molecule has 4 rings (SSSR count). The van der Waals surface area contributed by atoms with Crippen molar-refractivity contribution in [2.45, 2.75) is 11.3 Å². The van der Waals surface area contributed by atoms with E-state index < -0.39 is 15.8 Å². The Morgan fingerprint density at radius 3 is 2.39 bits per heavy atom. The molecule has 1 amide bonds. The van der Waals surface area contributed by atoms with Crippen LogP contribution in [0.2, 0.25) is 0 Å². The summed E-state index contributed by atoms with van der Waals surface area (Å²) in [6.07, 6.45) is 0.123. The molecule has 160 valence electrons. The fourth-order valence-corrected chi connectivity index (χ4v) is 4.12.